The van der Waals surface area contributed by atoms with E-state index in [-0.39, 0.29) is 12.4 Å². The van der Waals surface area contributed by atoms with Crippen LogP contribution in [0.1, 0.15) is 64.7 Å². The molecule has 2 aliphatic rings. The molecule has 2 fully saturated rings. The van der Waals surface area contributed by atoms with Gasteiger partial charge in [0.05, 0.1) is 0 Å². The van der Waals surface area contributed by atoms with Crippen LogP contribution in [0.5, 0.6) is 0 Å². The van der Waals surface area contributed by atoms with E-state index in [1.807, 2.05) is 0 Å². The third-order valence-electron chi connectivity index (χ3n) is 3.72. The maximum absolute atomic E-state index is 8.95. The first-order valence-electron chi connectivity index (χ1n) is 6.80. The van der Waals surface area contributed by atoms with Crippen LogP contribution < -0.4 is 0 Å². The summed E-state index contributed by atoms with van der Waals surface area (Å²) >= 11 is 0. The standard InChI is InChI=1S/C13H24O3/c1-2-3-4-5-6-7-8-9-10-12-13(11-14,15-12)16-12/h14H,2-11H2,1H3. The molecule has 0 aromatic carbocycles. The Kier molecular flexibility index (Phi) is 3.88. The molecule has 2 aliphatic heterocycles. The Balaban J connectivity index is 1.37. The molecule has 2 rings (SSSR count). The highest BCUT2D eigenvalue weighted by Gasteiger charge is 2.90. The molecule has 3 nitrogen and oxygen atoms in total. The average molecular weight is 228 g/mol. The summed E-state index contributed by atoms with van der Waals surface area (Å²) in [6, 6.07) is 0. The molecule has 0 radical (unpaired) electrons. The highest BCUT2D eigenvalue weighted by atomic mass is 17.1. The van der Waals surface area contributed by atoms with E-state index in [0.717, 1.165) is 12.8 Å². The molecule has 0 aliphatic carbocycles. The number of rotatable bonds is 10. The van der Waals surface area contributed by atoms with Crippen LogP contribution in [0.25, 0.3) is 0 Å². The lowest BCUT2D eigenvalue weighted by molar-refractivity contribution is -0.114. The van der Waals surface area contributed by atoms with Crippen LogP contribution in [0.2, 0.25) is 0 Å². The topological polar surface area (TPSA) is 45.3 Å². The van der Waals surface area contributed by atoms with Gasteiger partial charge in [-0.1, -0.05) is 51.9 Å². The van der Waals surface area contributed by atoms with E-state index in [2.05, 4.69) is 6.92 Å². The van der Waals surface area contributed by atoms with Crippen molar-refractivity contribution in [3.63, 3.8) is 0 Å². The summed E-state index contributed by atoms with van der Waals surface area (Å²) in [5, 5.41) is 8.95. The molecule has 1 N–H and O–H groups in total. The van der Waals surface area contributed by atoms with Crippen LogP contribution in [-0.4, -0.2) is 23.3 Å². The van der Waals surface area contributed by atoms with Crippen molar-refractivity contribution >= 4 is 0 Å². The van der Waals surface area contributed by atoms with Gasteiger partial charge in [0.25, 0.3) is 5.79 Å². The number of ether oxygens (including phenoxy) is 2. The molecule has 0 saturated carbocycles. The number of epoxide rings is 2. The SMILES string of the molecule is CCCCCCCCCCC12OC1(CO)O2. The van der Waals surface area contributed by atoms with Crippen molar-refractivity contribution in [3.8, 4) is 0 Å². The second kappa shape index (κ2) is 5.03. The third kappa shape index (κ3) is 2.41. The van der Waals surface area contributed by atoms with Gasteiger partial charge in [0.2, 0.25) is 5.79 Å². The number of aliphatic hydroxyl groups is 1. The maximum atomic E-state index is 8.95. The van der Waals surface area contributed by atoms with Crippen LogP contribution in [0, 0.1) is 0 Å². The molecule has 3 heteroatoms. The zero-order valence-electron chi connectivity index (χ0n) is 10.3. The molecule has 0 spiro atoms. The van der Waals surface area contributed by atoms with E-state index < -0.39 is 5.79 Å². The van der Waals surface area contributed by atoms with Crippen LogP contribution in [-0.2, 0) is 9.47 Å². The minimum Gasteiger partial charge on any atom is -0.391 e. The summed E-state index contributed by atoms with van der Waals surface area (Å²) in [6.07, 6.45) is 11.5. The van der Waals surface area contributed by atoms with Gasteiger partial charge in [-0.15, -0.1) is 0 Å². The van der Waals surface area contributed by atoms with Crippen LogP contribution in [0.3, 0.4) is 0 Å². The molecule has 0 aromatic rings. The van der Waals surface area contributed by atoms with Crippen molar-refractivity contribution in [2.75, 3.05) is 6.61 Å². The summed E-state index contributed by atoms with van der Waals surface area (Å²) in [4.78, 5) is 0. The van der Waals surface area contributed by atoms with Crippen molar-refractivity contribution in [2.24, 2.45) is 0 Å². The molecule has 2 heterocycles. The molecule has 2 saturated heterocycles. The Labute approximate surface area is 98.1 Å². The second-order valence-corrected chi connectivity index (χ2v) is 5.09. The van der Waals surface area contributed by atoms with Crippen LogP contribution in [0.4, 0.5) is 0 Å². The van der Waals surface area contributed by atoms with E-state index in [1.54, 1.807) is 0 Å². The molecular formula is C13H24O3. The van der Waals surface area contributed by atoms with Gasteiger partial charge in [-0.3, -0.25) is 0 Å². The zero-order valence-corrected chi connectivity index (χ0v) is 10.3. The van der Waals surface area contributed by atoms with Gasteiger partial charge in [0, 0.05) is 6.42 Å². The third-order valence-corrected chi connectivity index (χ3v) is 3.72. The van der Waals surface area contributed by atoms with Gasteiger partial charge in [0.15, 0.2) is 0 Å². The van der Waals surface area contributed by atoms with Gasteiger partial charge in [-0.25, -0.2) is 0 Å². The van der Waals surface area contributed by atoms with Gasteiger partial charge in [-0.05, 0) is 6.42 Å². The summed E-state index contributed by atoms with van der Waals surface area (Å²) in [7, 11) is 0. The average Bonchev–Trinajstić information content (AvgIpc) is 3.08. The molecule has 0 aromatic heterocycles. The Bertz CT molecular complexity index is 221. The van der Waals surface area contributed by atoms with E-state index in [1.165, 1.54) is 44.9 Å². The molecule has 0 atom stereocenters. The van der Waals surface area contributed by atoms with Crippen molar-refractivity contribution in [1.82, 2.24) is 0 Å². The molecular weight excluding hydrogens is 204 g/mol. The second-order valence-electron chi connectivity index (χ2n) is 5.09. The lowest BCUT2D eigenvalue weighted by atomic mass is 10.1. The first-order valence-corrected chi connectivity index (χ1v) is 6.80. The number of unbranched alkanes of at least 4 members (excludes halogenated alkanes) is 7. The number of aliphatic hydroxyl groups excluding tert-OH is 1. The first-order chi connectivity index (χ1) is 7.79. The van der Waals surface area contributed by atoms with E-state index in [0.29, 0.717) is 0 Å². The van der Waals surface area contributed by atoms with Crippen molar-refractivity contribution in [2.45, 2.75) is 76.3 Å². The van der Waals surface area contributed by atoms with Gasteiger partial charge < -0.3 is 14.6 Å². The van der Waals surface area contributed by atoms with E-state index in [4.69, 9.17) is 14.6 Å². The molecule has 94 valence electrons. The summed E-state index contributed by atoms with van der Waals surface area (Å²) in [5.41, 5.74) is 0. The highest BCUT2D eigenvalue weighted by Crippen LogP contribution is 2.69. The Hall–Kier alpha value is -0.120. The van der Waals surface area contributed by atoms with Crippen molar-refractivity contribution in [3.05, 3.63) is 0 Å². The van der Waals surface area contributed by atoms with E-state index in [9.17, 15) is 0 Å². The molecule has 0 bridgehead atoms. The predicted molar refractivity (Wildman–Crippen MR) is 61.9 cm³/mol. The van der Waals surface area contributed by atoms with Gasteiger partial charge in [-0.2, -0.15) is 0 Å². The van der Waals surface area contributed by atoms with Gasteiger partial charge >= 0.3 is 0 Å². The largest absolute Gasteiger partial charge is 0.391 e. The fourth-order valence-corrected chi connectivity index (χ4v) is 2.46. The zero-order chi connectivity index (χ0) is 11.5. The fraction of sp³-hybridized carbons (Fsp3) is 1.00. The molecule has 0 amide bonds. The van der Waals surface area contributed by atoms with Gasteiger partial charge in [0.1, 0.15) is 6.61 Å². The maximum Gasteiger partial charge on any atom is 0.253 e. The summed E-state index contributed by atoms with van der Waals surface area (Å²) in [6.45, 7) is 2.27. The minimum atomic E-state index is -0.547. The van der Waals surface area contributed by atoms with Crippen LogP contribution >= 0.6 is 0 Å². The lowest BCUT2D eigenvalue weighted by Gasteiger charge is -2.02. The molecule has 0 unspecified atom stereocenters. The number of hydrogen-bond donors (Lipinski definition) is 1. The Morgan fingerprint density at radius 1 is 0.812 bits per heavy atom. The Morgan fingerprint density at radius 3 is 1.88 bits per heavy atom. The summed E-state index contributed by atoms with van der Waals surface area (Å²) < 4.78 is 10.6. The van der Waals surface area contributed by atoms with Crippen LogP contribution in [0.15, 0.2) is 0 Å². The normalized spacial score (nSPS) is 34.9. The van der Waals surface area contributed by atoms with Crippen molar-refractivity contribution in [1.29, 1.82) is 0 Å². The quantitative estimate of drug-likeness (QED) is 0.462. The minimum absolute atomic E-state index is 0.0179. The predicted octanol–water partition coefficient (Wildman–Crippen LogP) is 2.96. The van der Waals surface area contributed by atoms with E-state index >= 15 is 0 Å². The number of hydrogen-bond acceptors (Lipinski definition) is 3. The lowest BCUT2D eigenvalue weighted by Crippen LogP contribution is -2.03. The van der Waals surface area contributed by atoms with Crippen molar-refractivity contribution < 1.29 is 14.6 Å². The Morgan fingerprint density at radius 2 is 1.38 bits per heavy atom. The monoisotopic (exact) mass is 228 g/mol. The first kappa shape index (κ1) is 12.3. The smallest absolute Gasteiger partial charge is 0.253 e. The summed E-state index contributed by atoms with van der Waals surface area (Å²) in [5.74, 6) is -0.891. The fourth-order valence-electron chi connectivity index (χ4n) is 2.46. The number of fused-ring (bicyclic) bond motifs is 1. The highest BCUT2D eigenvalue weighted by molar-refractivity contribution is 5.17. The molecule has 16 heavy (non-hydrogen) atoms.